The Labute approximate surface area is 209 Å². The summed E-state index contributed by atoms with van der Waals surface area (Å²) in [7, 11) is 2.08. The van der Waals surface area contributed by atoms with Crippen molar-refractivity contribution in [3.8, 4) is 0 Å². The minimum absolute atomic E-state index is 0. The Morgan fingerprint density at radius 1 is 1.06 bits per heavy atom. The quantitative estimate of drug-likeness (QED) is 0.585. The van der Waals surface area contributed by atoms with E-state index >= 15 is 0 Å². The molecule has 0 atom stereocenters. The maximum atomic E-state index is 12.8. The molecule has 4 rings (SSSR count). The summed E-state index contributed by atoms with van der Waals surface area (Å²) in [5.74, 6) is 1.15. The van der Waals surface area contributed by atoms with E-state index in [-0.39, 0.29) is 19.4 Å². The van der Waals surface area contributed by atoms with Gasteiger partial charge in [-0.3, -0.25) is 4.79 Å². The van der Waals surface area contributed by atoms with Gasteiger partial charge in [0.2, 0.25) is 0 Å². The Kier molecular flexibility index (Phi) is 9.94. The summed E-state index contributed by atoms with van der Waals surface area (Å²) in [5.41, 5.74) is 1.63. The molecule has 0 bridgehead atoms. The van der Waals surface area contributed by atoms with Crippen LogP contribution in [0.2, 0.25) is 0 Å². The number of rotatable bonds is 7. The van der Waals surface area contributed by atoms with Gasteiger partial charge in [0, 0.05) is 44.5 Å². The Balaban J connectivity index is 0.00000342. The normalized spacial score (nSPS) is 16.8. The molecular weight excluding hydrogens is 440 g/mol. The average molecular weight is 481 g/mol. The number of carbonyl (C=O) groups excluding carboxylic acids is 2. The van der Waals surface area contributed by atoms with Gasteiger partial charge in [-0.2, -0.15) is 0 Å². The number of nitrogens with zero attached hydrogens (tertiary/aromatic N) is 3. The first-order valence-electron chi connectivity index (χ1n) is 12.5. The van der Waals surface area contributed by atoms with Crippen LogP contribution in [0, 0.1) is 5.92 Å². The molecular formula is C28H40N4O3. The fraction of sp³-hybridized carbons (Fsp3) is 0.536. The summed E-state index contributed by atoms with van der Waals surface area (Å²) in [5, 5.41) is 3.09. The number of piperidine rings is 1. The van der Waals surface area contributed by atoms with E-state index in [1.807, 2.05) is 36.4 Å². The maximum Gasteiger partial charge on any atom is 0.410 e. The first-order valence-corrected chi connectivity index (χ1v) is 12.5. The fourth-order valence-electron chi connectivity index (χ4n) is 4.88. The molecule has 7 nitrogen and oxygen atoms in total. The molecule has 1 aliphatic heterocycles. The lowest BCUT2D eigenvalue weighted by atomic mass is 9.94. The number of carbonyl (C=O) groups is 2. The zero-order valence-electron chi connectivity index (χ0n) is 20.1. The fourth-order valence-corrected chi connectivity index (χ4v) is 4.88. The van der Waals surface area contributed by atoms with Gasteiger partial charge in [0.1, 0.15) is 12.4 Å². The van der Waals surface area contributed by atoms with Crippen LogP contribution in [0.25, 0.3) is 0 Å². The van der Waals surface area contributed by atoms with Gasteiger partial charge in [-0.05, 0) is 49.3 Å². The largest absolute Gasteiger partial charge is 0.445 e. The number of hydrogen-bond donors (Lipinski definition) is 1. The molecule has 0 spiro atoms. The number of hydrogen-bond acceptors (Lipinski definition) is 5. The molecule has 2 aromatic rings. The van der Waals surface area contributed by atoms with Gasteiger partial charge < -0.3 is 19.9 Å². The number of ether oxygens (including phenoxy) is 1. The number of aromatic nitrogens is 1. The molecule has 35 heavy (non-hydrogen) atoms. The Morgan fingerprint density at radius 2 is 1.77 bits per heavy atom. The molecule has 1 saturated carbocycles. The second kappa shape index (κ2) is 13.1. The van der Waals surface area contributed by atoms with Gasteiger partial charge in [0.15, 0.2) is 0 Å². The minimum Gasteiger partial charge on any atom is -0.445 e. The molecule has 2 aliphatic rings. The van der Waals surface area contributed by atoms with Crippen LogP contribution in [0.15, 0.2) is 48.7 Å². The number of pyridine rings is 1. The van der Waals surface area contributed by atoms with Gasteiger partial charge in [0.05, 0.1) is 0 Å². The van der Waals surface area contributed by atoms with Crippen molar-refractivity contribution in [2.24, 2.45) is 5.92 Å². The molecule has 1 aliphatic carbocycles. The zero-order chi connectivity index (χ0) is 23.8. The molecule has 2 heterocycles. The standard InChI is InChI=1S/C27H36N4O3.CH4/c1-30(24-10-6-3-7-11-24)25-18-23(12-15-28-25)26(32)29-19-21-13-16-31(17-14-21)27(33)34-20-22-8-4-2-5-9-22;/h2,4-5,8-9,12,15,18,21,24H,3,6-7,10-11,13-14,16-17,19-20H2,1H3,(H,29,32);1H4. The smallest absolute Gasteiger partial charge is 0.410 e. The van der Waals surface area contributed by atoms with Crippen molar-refractivity contribution >= 4 is 17.8 Å². The van der Waals surface area contributed by atoms with Crippen LogP contribution < -0.4 is 10.2 Å². The molecule has 2 amide bonds. The second-order valence-electron chi connectivity index (χ2n) is 9.49. The van der Waals surface area contributed by atoms with Crippen LogP contribution in [0.4, 0.5) is 10.6 Å². The number of nitrogens with one attached hydrogen (secondary N) is 1. The highest BCUT2D eigenvalue weighted by Crippen LogP contribution is 2.25. The highest BCUT2D eigenvalue weighted by atomic mass is 16.6. The van der Waals surface area contributed by atoms with Crippen molar-refractivity contribution in [2.75, 3.05) is 31.6 Å². The van der Waals surface area contributed by atoms with Crippen molar-refractivity contribution in [3.05, 3.63) is 59.8 Å². The van der Waals surface area contributed by atoms with E-state index in [0.717, 1.165) is 24.2 Å². The van der Waals surface area contributed by atoms with Gasteiger partial charge >= 0.3 is 6.09 Å². The van der Waals surface area contributed by atoms with Gasteiger partial charge in [-0.1, -0.05) is 57.0 Å². The van der Waals surface area contributed by atoms with E-state index in [1.165, 1.54) is 32.1 Å². The third kappa shape index (κ3) is 7.44. The summed E-state index contributed by atoms with van der Waals surface area (Å²) in [6, 6.07) is 13.9. The van der Waals surface area contributed by atoms with Crippen LogP contribution >= 0.6 is 0 Å². The van der Waals surface area contributed by atoms with Crippen molar-refractivity contribution in [3.63, 3.8) is 0 Å². The van der Waals surface area contributed by atoms with Crippen molar-refractivity contribution < 1.29 is 14.3 Å². The highest BCUT2D eigenvalue weighted by molar-refractivity contribution is 5.94. The van der Waals surface area contributed by atoms with E-state index in [9.17, 15) is 9.59 Å². The molecule has 0 unspecified atom stereocenters. The summed E-state index contributed by atoms with van der Waals surface area (Å²) in [6.07, 6.45) is 9.38. The van der Waals surface area contributed by atoms with E-state index in [4.69, 9.17) is 4.74 Å². The number of anilines is 1. The second-order valence-corrected chi connectivity index (χ2v) is 9.49. The lowest BCUT2D eigenvalue weighted by Gasteiger charge is -2.32. The lowest BCUT2D eigenvalue weighted by Crippen LogP contribution is -2.41. The lowest BCUT2D eigenvalue weighted by molar-refractivity contribution is 0.0801. The van der Waals surface area contributed by atoms with E-state index in [2.05, 4.69) is 22.2 Å². The summed E-state index contributed by atoms with van der Waals surface area (Å²) >= 11 is 0. The zero-order valence-corrected chi connectivity index (χ0v) is 20.1. The monoisotopic (exact) mass is 480 g/mol. The molecule has 2 fully saturated rings. The van der Waals surface area contributed by atoms with E-state index in [0.29, 0.717) is 43.8 Å². The Bertz CT molecular complexity index is 938. The first kappa shape index (κ1) is 26.5. The molecule has 0 radical (unpaired) electrons. The van der Waals surface area contributed by atoms with Crippen LogP contribution in [0.5, 0.6) is 0 Å². The topological polar surface area (TPSA) is 74.8 Å². The van der Waals surface area contributed by atoms with Gasteiger partial charge in [-0.15, -0.1) is 0 Å². The molecule has 1 saturated heterocycles. The molecule has 1 aromatic heterocycles. The first-order chi connectivity index (χ1) is 16.6. The molecule has 1 aromatic carbocycles. The SMILES string of the molecule is C.CN(c1cc(C(=O)NCC2CCN(C(=O)OCc3ccccc3)CC2)ccn1)C1CCCCC1. The number of likely N-dealkylation sites (tertiary alicyclic amines) is 1. The third-order valence-electron chi connectivity index (χ3n) is 7.12. The number of benzene rings is 1. The number of amides is 2. The molecule has 1 N–H and O–H groups in total. The van der Waals surface area contributed by atoms with Crippen LogP contribution in [0.3, 0.4) is 0 Å². The summed E-state index contributed by atoms with van der Waals surface area (Å²) in [4.78, 5) is 33.6. The van der Waals surface area contributed by atoms with Crippen molar-refractivity contribution in [1.82, 2.24) is 15.2 Å². The highest BCUT2D eigenvalue weighted by Gasteiger charge is 2.25. The summed E-state index contributed by atoms with van der Waals surface area (Å²) in [6.45, 7) is 2.21. The van der Waals surface area contributed by atoms with E-state index < -0.39 is 0 Å². The minimum atomic E-state index is -0.266. The predicted molar refractivity (Wildman–Crippen MR) is 140 cm³/mol. The van der Waals surface area contributed by atoms with Gasteiger partial charge in [0.25, 0.3) is 5.91 Å². The van der Waals surface area contributed by atoms with Gasteiger partial charge in [-0.25, -0.2) is 9.78 Å². The third-order valence-corrected chi connectivity index (χ3v) is 7.12. The molecule has 190 valence electrons. The van der Waals surface area contributed by atoms with Crippen molar-refractivity contribution in [1.29, 1.82) is 0 Å². The Hall–Kier alpha value is -3.09. The Morgan fingerprint density at radius 3 is 2.49 bits per heavy atom. The van der Waals surface area contributed by atoms with Crippen molar-refractivity contribution in [2.45, 2.75) is 65.0 Å². The predicted octanol–water partition coefficient (Wildman–Crippen LogP) is 5.27. The average Bonchev–Trinajstić information content (AvgIpc) is 2.91. The van der Waals surface area contributed by atoms with Crippen LogP contribution in [-0.2, 0) is 11.3 Å². The maximum absolute atomic E-state index is 12.8. The van der Waals surface area contributed by atoms with Crippen LogP contribution in [-0.4, -0.2) is 54.6 Å². The van der Waals surface area contributed by atoms with Crippen LogP contribution in [0.1, 0.15) is 68.3 Å². The summed E-state index contributed by atoms with van der Waals surface area (Å²) < 4.78 is 5.44. The molecule has 7 heteroatoms. The van der Waals surface area contributed by atoms with E-state index in [1.54, 1.807) is 17.2 Å².